The highest BCUT2D eigenvalue weighted by molar-refractivity contribution is 5.48. The van der Waals surface area contributed by atoms with Gasteiger partial charge in [-0.2, -0.15) is 5.26 Å². The van der Waals surface area contributed by atoms with Crippen LogP contribution in [-0.4, -0.2) is 23.6 Å². The first-order valence-electron chi connectivity index (χ1n) is 6.48. The summed E-state index contributed by atoms with van der Waals surface area (Å²) >= 11 is 0. The molecule has 0 amide bonds. The van der Waals surface area contributed by atoms with E-state index < -0.39 is 4.92 Å². The lowest BCUT2D eigenvalue weighted by molar-refractivity contribution is -0.385. The molecule has 1 N–H and O–H groups in total. The monoisotopic (exact) mass is 277 g/mol. The first kappa shape index (κ1) is 15.9. The molecule has 6 nitrogen and oxygen atoms in total. The zero-order chi connectivity index (χ0) is 15.1. The van der Waals surface area contributed by atoms with E-state index in [0.717, 1.165) is 0 Å². The van der Waals surface area contributed by atoms with E-state index in [9.17, 15) is 10.1 Å². The molecule has 0 bridgehead atoms. The largest absolute Gasteiger partial charge is 0.493 e. The van der Waals surface area contributed by atoms with Crippen molar-refractivity contribution in [1.29, 1.82) is 5.26 Å². The third-order valence-electron chi connectivity index (χ3n) is 2.81. The van der Waals surface area contributed by atoms with Gasteiger partial charge in [0.1, 0.15) is 5.75 Å². The summed E-state index contributed by atoms with van der Waals surface area (Å²) in [6, 6.07) is 6.83. The summed E-state index contributed by atoms with van der Waals surface area (Å²) in [7, 11) is 0. The molecule has 0 heterocycles. The molecule has 20 heavy (non-hydrogen) atoms. The summed E-state index contributed by atoms with van der Waals surface area (Å²) in [4.78, 5) is 10.4. The maximum absolute atomic E-state index is 10.8. The number of ether oxygens (including phenoxy) is 1. The molecule has 1 atom stereocenters. The van der Waals surface area contributed by atoms with Crippen LogP contribution < -0.4 is 10.1 Å². The minimum absolute atomic E-state index is 0.0413. The number of rotatable bonds is 7. The summed E-state index contributed by atoms with van der Waals surface area (Å²) in [5.74, 6) is 0.487. The Kier molecular flexibility index (Phi) is 5.94. The second-order valence-corrected chi connectivity index (χ2v) is 4.80. The van der Waals surface area contributed by atoms with Crippen LogP contribution in [0.1, 0.15) is 25.8 Å². The zero-order valence-electron chi connectivity index (χ0n) is 11.9. The Bertz CT molecular complexity index is 509. The fourth-order valence-electron chi connectivity index (χ4n) is 1.83. The van der Waals surface area contributed by atoms with Gasteiger partial charge in [-0.3, -0.25) is 15.4 Å². The normalized spacial score (nSPS) is 11.9. The van der Waals surface area contributed by atoms with Crippen LogP contribution >= 0.6 is 0 Å². The van der Waals surface area contributed by atoms with Crippen molar-refractivity contribution < 1.29 is 9.66 Å². The molecular formula is C14H19N3O3. The van der Waals surface area contributed by atoms with E-state index in [2.05, 4.69) is 11.4 Å². The van der Waals surface area contributed by atoms with Crippen LogP contribution in [0.3, 0.4) is 0 Å². The SMILES string of the molecule is Cc1c(OCCC(C#N)NC(C)C)cccc1[N+](=O)[O-]. The second kappa shape index (κ2) is 7.46. The van der Waals surface area contributed by atoms with Crippen molar-refractivity contribution in [3.05, 3.63) is 33.9 Å². The number of nitrogens with one attached hydrogen (secondary N) is 1. The quantitative estimate of drug-likeness (QED) is 0.611. The summed E-state index contributed by atoms with van der Waals surface area (Å²) in [5, 5.41) is 22.9. The number of nitrogens with zero attached hydrogens (tertiary/aromatic N) is 2. The molecule has 1 aromatic carbocycles. The van der Waals surface area contributed by atoms with E-state index in [1.807, 2.05) is 13.8 Å². The number of nitriles is 1. The minimum Gasteiger partial charge on any atom is -0.493 e. The average Bonchev–Trinajstić information content (AvgIpc) is 2.38. The maximum Gasteiger partial charge on any atom is 0.276 e. The Morgan fingerprint density at radius 2 is 2.20 bits per heavy atom. The number of nitro groups is 1. The van der Waals surface area contributed by atoms with E-state index in [4.69, 9.17) is 10.00 Å². The Morgan fingerprint density at radius 1 is 1.50 bits per heavy atom. The molecule has 0 spiro atoms. The zero-order valence-corrected chi connectivity index (χ0v) is 11.9. The smallest absolute Gasteiger partial charge is 0.276 e. The average molecular weight is 277 g/mol. The topological polar surface area (TPSA) is 88.2 Å². The fraction of sp³-hybridized carbons (Fsp3) is 0.500. The van der Waals surface area contributed by atoms with Gasteiger partial charge in [0.25, 0.3) is 5.69 Å². The molecule has 0 fully saturated rings. The molecule has 6 heteroatoms. The van der Waals surface area contributed by atoms with Gasteiger partial charge in [0, 0.05) is 18.5 Å². The van der Waals surface area contributed by atoms with Crippen molar-refractivity contribution in [2.75, 3.05) is 6.61 Å². The summed E-state index contributed by atoms with van der Waals surface area (Å²) in [6.07, 6.45) is 0.525. The Morgan fingerprint density at radius 3 is 2.75 bits per heavy atom. The molecule has 0 aliphatic carbocycles. The van der Waals surface area contributed by atoms with Crippen molar-refractivity contribution in [3.8, 4) is 11.8 Å². The van der Waals surface area contributed by atoms with Gasteiger partial charge in [-0.1, -0.05) is 6.07 Å². The van der Waals surface area contributed by atoms with Crippen molar-refractivity contribution in [3.63, 3.8) is 0 Å². The van der Waals surface area contributed by atoms with Gasteiger partial charge >= 0.3 is 0 Å². The summed E-state index contributed by atoms with van der Waals surface area (Å²) < 4.78 is 5.55. The predicted molar refractivity (Wildman–Crippen MR) is 75.6 cm³/mol. The molecule has 1 unspecified atom stereocenters. The van der Waals surface area contributed by atoms with Crippen LogP contribution in [0.2, 0.25) is 0 Å². The third-order valence-corrected chi connectivity index (χ3v) is 2.81. The standard InChI is InChI=1S/C14H19N3O3/c1-10(2)16-12(9-15)7-8-20-14-6-4-5-13(11(14)3)17(18)19/h4-6,10,12,16H,7-8H2,1-3H3. The van der Waals surface area contributed by atoms with Crippen molar-refractivity contribution in [2.24, 2.45) is 0 Å². The van der Waals surface area contributed by atoms with Crippen LogP contribution in [0.25, 0.3) is 0 Å². The van der Waals surface area contributed by atoms with Gasteiger partial charge < -0.3 is 4.74 Å². The lowest BCUT2D eigenvalue weighted by Gasteiger charge is -2.15. The second-order valence-electron chi connectivity index (χ2n) is 4.80. The third kappa shape index (κ3) is 4.52. The highest BCUT2D eigenvalue weighted by Gasteiger charge is 2.15. The lowest BCUT2D eigenvalue weighted by atomic mass is 10.2. The molecule has 108 valence electrons. The Hall–Kier alpha value is -2.13. The van der Waals surface area contributed by atoms with Gasteiger partial charge in [-0.25, -0.2) is 0 Å². The van der Waals surface area contributed by atoms with E-state index in [0.29, 0.717) is 24.3 Å². The van der Waals surface area contributed by atoms with Crippen LogP contribution in [-0.2, 0) is 0 Å². The number of hydrogen-bond acceptors (Lipinski definition) is 5. The van der Waals surface area contributed by atoms with E-state index in [1.165, 1.54) is 6.07 Å². The molecule has 0 saturated carbocycles. The van der Waals surface area contributed by atoms with Crippen LogP contribution in [0.5, 0.6) is 5.75 Å². The van der Waals surface area contributed by atoms with Gasteiger partial charge in [0.2, 0.25) is 0 Å². The van der Waals surface area contributed by atoms with E-state index in [-0.39, 0.29) is 17.8 Å². The van der Waals surface area contributed by atoms with Gasteiger partial charge in [-0.15, -0.1) is 0 Å². The van der Waals surface area contributed by atoms with Crippen LogP contribution in [0.4, 0.5) is 5.69 Å². The number of nitro benzene ring substituents is 1. The van der Waals surface area contributed by atoms with E-state index >= 15 is 0 Å². The highest BCUT2D eigenvalue weighted by atomic mass is 16.6. The van der Waals surface area contributed by atoms with Crippen molar-refractivity contribution >= 4 is 5.69 Å². The van der Waals surface area contributed by atoms with E-state index in [1.54, 1.807) is 19.1 Å². The van der Waals surface area contributed by atoms with Gasteiger partial charge in [-0.05, 0) is 26.8 Å². The fourth-order valence-corrected chi connectivity index (χ4v) is 1.83. The molecular weight excluding hydrogens is 258 g/mol. The molecule has 0 aliphatic rings. The molecule has 0 aromatic heterocycles. The van der Waals surface area contributed by atoms with Crippen molar-refractivity contribution in [2.45, 2.75) is 39.3 Å². The first-order chi connectivity index (χ1) is 9.45. The molecule has 0 radical (unpaired) electrons. The Labute approximate surface area is 118 Å². The summed E-state index contributed by atoms with van der Waals surface area (Å²) in [5.41, 5.74) is 0.544. The van der Waals surface area contributed by atoms with Crippen LogP contribution in [0.15, 0.2) is 18.2 Å². The number of benzene rings is 1. The molecule has 1 aromatic rings. The molecule has 0 aliphatic heterocycles. The molecule has 0 saturated heterocycles. The summed E-state index contributed by atoms with van der Waals surface area (Å²) in [6.45, 7) is 5.92. The Balaban J connectivity index is 2.60. The first-order valence-corrected chi connectivity index (χ1v) is 6.48. The predicted octanol–water partition coefficient (Wildman–Crippen LogP) is 2.56. The maximum atomic E-state index is 10.8. The lowest BCUT2D eigenvalue weighted by Crippen LogP contribution is -2.34. The van der Waals surface area contributed by atoms with Crippen molar-refractivity contribution in [1.82, 2.24) is 5.32 Å². The number of hydrogen-bond donors (Lipinski definition) is 1. The van der Waals surface area contributed by atoms with Crippen LogP contribution in [0, 0.1) is 28.4 Å². The van der Waals surface area contributed by atoms with Gasteiger partial charge in [0.05, 0.1) is 29.2 Å². The minimum atomic E-state index is -0.430. The molecule has 1 rings (SSSR count). The highest BCUT2D eigenvalue weighted by Crippen LogP contribution is 2.27. The van der Waals surface area contributed by atoms with Gasteiger partial charge in [0.15, 0.2) is 0 Å².